The van der Waals surface area contributed by atoms with Crippen LogP contribution in [-0.4, -0.2) is 36.1 Å². The number of hydrogen-bond acceptors (Lipinski definition) is 4. The molecule has 2 fully saturated rings. The highest BCUT2D eigenvalue weighted by Crippen LogP contribution is 2.22. The van der Waals surface area contributed by atoms with Crippen LogP contribution in [0.2, 0.25) is 0 Å². The van der Waals surface area contributed by atoms with Crippen molar-refractivity contribution >= 4 is 23.4 Å². The largest absolute Gasteiger partial charge is 0.357 e. The highest BCUT2D eigenvalue weighted by molar-refractivity contribution is 5.97. The molecule has 0 atom stereocenters. The van der Waals surface area contributed by atoms with Crippen LogP contribution in [0.5, 0.6) is 0 Å². The molecule has 3 amide bonds. The molecule has 7 heteroatoms. The number of aromatic nitrogens is 1. The maximum absolute atomic E-state index is 12.4. The first-order valence-corrected chi connectivity index (χ1v) is 10.2. The minimum absolute atomic E-state index is 0.0952. The molecule has 0 radical (unpaired) electrons. The number of carbonyl (C=O) groups excluding carboxylic acids is 2. The van der Waals surface area contributed by atoms with Gasteiger partial charge in [0.15, 0.2) is 0 Å². The van der Waals surface area contributed by atoms with Crippen molar-refractivity contribution in [3.63, 3.8) is 0 Å². The van der Waals surface area contributed by atoms with Crippen molar-refractivity contribution in [2.75, 3.05) is 23.3 Å². The first-order chi connectivity index (χ1) is 14.1. The van der Waals surface area contributed by atoms with Crippen molar-refractivity contribution in [3.05, 3.63) is 53.2 Å². The summed E-state index contributed by atoms with van der Waals surface area (Å²) in [6.45, 7) is 4.39. The van der Waals surface area contributed by atoms with Crippen LogP contribution in [-0.2, 0) is 6.54 Å². The average molecular weight is 393 g/mol. The predicted molar refractivity (Wildman–Crippen MR) is 113 cm³/mol. The van der Waals surface area contributed by atoms with Gasteiger partial charge < -0.3 is 20.9 Å². The molecular formula is C22H27N5O2. The van der Waals surface area contributed by atoms with Gasteiger partial charge in [-0.25, -0.2) is 9.78 Å². The van der Waals surface area contributed by atoms with Crippen molar-refractivity contribution in [1.82, 2.24) is 15.6 Å². The molecule has 1 aliphatic carbocycles. The van der Waals surface area contributed by atoms with Crippen LogP contribution in [0.25, 0.3) is 0 Å². The molecule has 7 nitrogen and oxygen atoms in total. The van der Waals surface area contributed by atoms with Crippen LogP contribution < -0.4 is 20.9 Å². The number of rotatable bonds is 6. The lowest BCUT2D eigenvalue weighted by Gasteiger charge is -2.17. The number of aryl methyl sites for hydroxylation is 1. The maximum Gasteiger partial charge on any atom is 0.319 e. The van der Waals surface area contributed by atoms with Gasteiger partial charge in [0.2, 0.25) is 0 Å². The second-order valence-corrected chi connectivity index (χ2v) is 7.80. The Bertz CT molecular complexity index is 904. The molecule has 1 aromatic heterocycles. The summed E-state index contributed by atoms with van der Waals surface area (Å²) >= 11 is 0. The van der Waals surface area contributed by atoms with Gasteiger partial charge in [-0.15, -0.1) is 0 Å². The zero-order chi connectivity index (χ0) is 20.2. The SMILES string of the molecule is Cc1ccc(C(=O)NC2CC2)cc1NC(=O)NCc1ccnc(N2CCCC2)c1. The molecule has 0 bridgehead atoms. The minimum Gasteiger partial charge on any atom is -0.357 e. The topological polar surface area (TPSA) is 86.4 Å². The zero-order valence-electron chi connectivity index (χ0n) is 16.7. The zero-order valence-corrected chi connectivity index (χ0v) is 16.7. The molecule has 2 aliphatic rings. The monoisotopic (exact) mass is 393 g/mol. The second-order valence-electron chi connectivity index (χ2n) is 7.80. The third-order valence-corrected chi connectivity index (χ3v) is 5.35. The van der Waals surface area contributed by atoms with E-state index < -0.39 is 0 Å². The number of nitrogens with one attached hydrogen (secondary N) is 3. The summed E-state index contributed by atoms with van der Waals surface area (Å²) in [7, 11) is 0. The molecule has 4 rings (SSSR count). The lowest BCUT2D eigenvalue weighted by molar-refractivity contribution is 0.0951. The molecule has 2 heterocycles. The van der Waals surface area contributed by atoms with Gasteiger partial charge in [-0.05, 0) is 68.0 Å². The summed E-state index contributed by atoms with van der Waals surface area (Å²) in [5, 5.41) is 8.71. The first kappa shape index (κ1) is 19.2. The Balaban J connectivity index is 1.34. The van der Waals surface area contributed by atoms with Crippen LogP contribution in [0.3, 0.4) is 0 Å². The highest BCUT2D eigenvalue weighted by atomic mass is 16.2. The number of urea groups is 1. The van der Waals surface area contributed by atoms with Crippen molar-refractivity contribution < 1.29 is 9.59 Å². The molecule has 1 aliphatic heterocycles. The molecule has 152 valence electrons. The molecule has 1 aromatic carbocycles. The number of nitrogens with zero attached hydrogens (tertiary/aromatic N) is 2. The Hall–Kier alpha value is -3.09. The van der Waals surface area contributed by atoms with E-state index in [1.54, 1.807) is 18.3 Å². The van der Waals surface area contributed by atoms with E-state index in [1.165, 1.54) is 12.8 Å². The van der Waals surface area contributed by atoms with Gasteiger partial charge in [0.25, 0.3) is 5.91 Å². The molecule has 1 saturated carbocycles. The predicted octanol–water partition coefficient (Wildman–Crippen LogP) is 3.20. The van der Waals surface area contributed by atoms with E-state index in [2.05, 4.69) is 25.8 Å². The normalized spacial score (nSPS) is 15.8. The van der Waals surface area contributed by atoms with Crippen LogP contribution >= 0.6 is 0 Å². The fourth-order valence-electron chi connectivity index (χ4n) is 3.43. The van der Waals surface area contributed by atoms with E-state index in [0.717, 1.165) is 42.9 Å². The lowest BCUT2D eigenvalue weighted by Crippen LogP contribution is -2.29. The van der Waals surface area contributed by atoms with E-state index in [9.17, 15) is 9.59 Å². The Kier molecular flexibility index (Phi) is 5.64. The fraction of sp³-hybridized carbons (Fsp3) is 0.409. The average Bonchev–Trinajstić information content (AvgIpc) is 3.36. The van der Waals surface area contributed by atoms with Gasteiger partial charge in [-0.3, -0.25) is 4.79 Å². The molecule has 0 unspecified atom stereocenters. The van der Waals surface area contributed by atoms with E-state index in [0.29, 0.717) is 23.8 Å². The molecular weight excluding hydrogens is 366 g/mol. The van der Waals surface area contributed by atoms with Gasteiger partial charge in [0.05, 0.1) is 0 Å². The fourth-order valence-corrected chi connectivity index (χ4v) is 3.43. The summed E-state index contributed by atoms with van der Waals surface area (Å²) in [6, 6.07) is 9.30. The molecule has 1 saturated heterocycles. The summed E-state index contributed by atoms with van der Waals surface area (Å²) in [5.74, 6) is 0.870. The van der Waals surface area contributed by atoms with Gasteiger partial charge in [-0.1, -0.05) is 6.07 Å². The van der Waals surface area contributed by atoms with Crippen molar-refractivity contribution in [2.24, 2.45) is 0 Å². The van der Waals surface area contributed by atoms with E-state index >= 15 is 0 Å². The first-order valence-electron chi connectivity index (χ1n) is 10.2. The number of pyridine rings is 1. The number of hydrogen-bond donors (Lipinski definition) is 3. The molecule has 2 aromatic rings. The van der Waals surface area contributed by atoms with Gasteiger partial charge in [0, 0.05) is 43.1 Å². The smallest absolute Gasteiger partial charge is 0.319 e. The minimum atomic E-state index is -0.299. The van der Waals surface area contributed by atoms with Crippen molar-refractivity contribution in [2.45, 2.75) is 45.2 Å². The molecule has 0 spiro atoms. The Morgan fingerprint density at radius 1 is 1.14 bits per heavy atom. The van der Waals surface area contributed by atoms with Gasteiger partial charge in [-0.2, -0.15) is 0 Å². The van der Waals surface area contributed by atoms with Crippen LogP contribution in [0.4, 0.5) is 16.3 Å². The Labute approximate surface area is 170 Å². The standard InChI is InChI=1S/C22H27N5O2/c1-15-4-5-17(21(28)25-18-6-7-18)13-19(15)26-22(29)24-14-16-8-9-23-20(12-16)27-10-2-3-11-27/h4-5,8-9,12-13,18H,2-3,6-7,10-11,14H2,1H3,(H,25,28)(H2,24,26,29). The number of anilines is 2. The molecule has 3 N–H and O–H groups in total. The highest BCUT2D eigenvalue weighted by Gasteiger charge is 2.24. The third-order valence-electron chi connectivity index (χ3n) is 5.35. The van der Waals surface area contributed by atoms with Crippen molar-refractivity contribution in [3.8, 4) is 0 Å². The molecule has 29 heavy (non-hydrogen) atoms. The van der Waals surface area contributed by atoms with Crippen LogP contribution in [0.1, 0.15) is 47.2 Å². The summed E-state index contributed by atoms with van der Waals surface area (Å²) in [4.78, 5) is 31.4. The number of carbonyl (C=O) groups is 2. The van der Waals surface area contributed by atoms with Crippen LogP contribution in [0.15, 0.2) is 36.5 Å². The van der Waals surface area contributed by atoms with Crippen LogP contribution in [0, 0.1) is 6.92 Å². The van der Waals surface area contributed by atoms with E-state index in [1.807, 2.05) is 25.1 Å². The second kappa shape index (κ2) is 8.51. The van der Waals surface area contributed by atoms with Gasteiger partial charge in [0.1, 0.15) is 5.82 Å². The number of amides is 3. The lowest BCUT2D eigenvalue weighted by atomic mass is 10.1. The van der Waals surface area contributed by atoms with E-state index in [4.69, 9.17) is 0 Å². The number of benzene rings is 1. The Morgan fingerprint density at radius 2 is 1.93 bits per heavy atom. The summed E-state index contributed by atoms with van der Waals surface area (Å²) in [5.41, 5.74) is 3.11. The summed E-state index contributed by atoms with van der Waals surface area (Å²) in [6.07, 6.45) is 6.27. The third kappa shape index (κ3) is 5.04. The van der Waals surface area contributed by atoms with E-state index in [-0.39, 0.29) is 11.9 Å². The quantitative estimate of drug-likeness (QED) is 0.703. The van der Waals surface area contributed by atoms with Gasteiger partial charge >= 0.3 is 6.03 Å². The Morgan fingerprint density at radius 3 is 2.69 bits per heavy atom. The summed E-state index contributed by atoms with van der Waals surface area (Å²) < 4.78 is 0. The maximum atomic E-state index is 12.4. The van der Waals surface area contributed by atoms with Crippen molar-refractivity contribution in [1.29, 1.82) is 0 Å².